The number of hydrogen-bond donors (Lipinski definition) is 0. The van der Waals surface area contributed by atoms with Crippen LogP contribution in [0.15, 0.2) is 41.0 Å². The molecule has 184 valence electrons. The highest BCUT2D eigenvalue weighted by Crippen LogP contribution is 2.62. The van der Waals surface area contributed by atoms with E-state index >= 15 is 0 Å². The first-order chi connectivity index (χ1) is 16.2. The van der Waals surface area contributed by atoms with Gasteiger partial charge in [0, 0.05) is 15.3 Å². The number of aromatic nitrogens is 2. The predicted molar refractivity (Wildman–Crippen MR) is 152 cm³/mol. The summed E-state index contributed by atoms with van der Waals surface area (Å²) in [6.07, 6.45) is 4.49. The lowest BCUT2D eigenvalue weighted by Crippen LogP contribution is -2.66. The SMILES string of the molecule is CCC1(C)c2ccc(Br)c3ccn4c5cc6c(cc5[n+](c4c23)C1(C)CC)C(C)(C)C(C)(C)C6(C)C. The molecule has 0 saturated heterocycles. The standard InChI is InChI=1S/C32H40BrN2/c1-11-31(9)20-13-14-23(33)19-15-16-34-24-17-21-22(29(5,6)30(7,8)28(21,3)4)18-25(24)35(27(34)26(19)20)32(31,10)12-2/h13-18H,11-12H2,1-10H3/q+1. The fourth-order valence-corrected chi connectivity index (χ4v) is 8.38. The van der Waals surface area contributed by atoms with Crippen molar-refractivity contribution in [3.8, 4) is 0 Å². The van der Waals surface area contributed by atoms with Crippen molar-refractivity contribution in [2.45, 2.75) is 104 Å². The molecule has 1 aliphatic carbocycles. The van der Waals surface area contributed by atoms with Gasteiger partial charge in [-0.25, -0.2) is 4.57 Å². The molecule has 0 N–H and O–H groups in total. The van der Waals surface area contributed by atoms with Gasteiger partial charge in [0.1, 0.15) is 5.54 Å². The predicted octanol–water partition coefficient (Wildman–Crippen LogP) is 8.70. The minimum atomic E-state index is -0.0358. The molecule has 3 heterocycles. The first-order valence-corrected chi connectivity index (χ1v) is 14.2. The van der Waals surface area contributed by atoms with Gasteiger partial charge in [0.15, 0.2) is 11.0 Å². The molecular formula is C32H40BrN2+. The third-order valence-corrected chi connectivity index (χ3v) is 12.7. The molecule has 2 nitrogen and oxygen atoms in total. The maximum Gasteiger partial charge on any atom is 0.296 e. The summed E-state index contributed by atoms with van der Waals surface area (Å²) in [5, 5.41) is 2.73. The van der Waals surface area contributed by atoms with Crippen molar-refractivity contribution in [1.29, 1.82) is 0 Å². The Hall–Kier alpha value is -1.87. The lowest BCUT2D eigenvalue weighted by molar-refractivity contribution is -0.728. The zero-order valence-electron chi connectivity index (χ0n) is 23.2. The van der Waals surface area contributed by atoms with Crippen LogP contribution < -0.4 is 4.57 Å². The minimum Gasteiger partial charge on any atom is -0.216 e. The van der Waals surface area contributed by atoms with E-state index in [1.54, 1.807) is 0 Å². The van der Waals surface area contributed by atoms with Gasteiger partial charge in [-0.1, -0.05) is 84.3 Å². The number of fused-ring (bicyclic) bond motifs is 4. The quantitative estimate of drug-likeness (QED) is 0.228. The van der Waals surface area contributed by atoms with Gasteiger partial charge in [-0.05, 0) is 77.0 Å². The van der Waals surface area contributed by atoms with Crippen molar-refractivity contribution in [2.75, 3.05) is 0 Å². The highest BCUT2D eigenvalue weighted by molar-refractivity contribution is 9.10. The van der Waals surface area contributed by atoms with Gasteiger partial charge in [0.05, 0.1) is 11.6 Å². The lowest BCUT2D eigenvalue weighted by atomic mass is 9.59. The van der Waals surface area contributed by atoms with Gasteiger partial charge < -0.3 is 0 Å². The van der Waals surface area contributed by atoms with Crippen LogP contribution in [0.5, 0.6) is 0 Å². The molecule has 0 bridgehead atoms. The monoisotopic (exact) mass is 531 g/mol. The van der Waals surface area contributed by atoms with Gasteiger partial charge in [-0.15, -0.1) is 0 Å². The Morgan fingerprint density at radius 3 is 2.03 bits per heavy atom. The molecule has 4 aromatic rings. The van der Waals surface area contributed by atoms with Crippen molar-refractivity contribution in [2.24, 2.45) is 5.41 Å². The Bertz CT molecular complexity index is 1580. The van der Waals surface area contributed by atoms with Crippen LogP contribution >= 0.6 is 15.9 Å². The third-order valence-electron chi connectivity index (χ3n) is 12.0. The third kappa shape index (κ3) is 2.28. The lowest BCUT2D eigenvalue weighted by Gasteiger charge is -2.47. The topological polar surface area (TPSA) is 8.29 Å². The Kier molecular flexibility index (Phi) is 4.38. The van der Waals surface area contributed by atoms with Crippen LogP contribution in [0, 0.1) is 5.41 Å². The number of rotatable bonds is 2. The Balaban J connectivity index is 1.90. The summed E-state index contributed by atoms with van der Waals surface area (Å²) < 4.78 is 6.41. The number of imidazole rings is 1. The summed E-state index contributed by atoms with van der Waals surface area (Å²) in [5.74, 6) is 0. The van der Waals surface area contributed by atoms with Crippen molar-refractivity contribution >= 4 is 43.4 Å². The number of benzene rings is 2. The maximum absolute atomic E-state index is 3.88. The summed E-state index contributed by atoms with van der Waals surface area (Å²) in [5.41, 5.74) is 8.92. The van der Waals surface area contributed by atoms with E-state index in [2.05, 4.69) is 131 Å². The normalized spacial score (nSPS) is 27.9. The van der Waals surface area contributed by atoms with E-state index in [1.807, 2.05) is 0 Å². The largest absolute Gasteiger partial charge is 0.296 e. The number of hydrogen-bond acceptors (Lipinski definition) is 0. The summed E-state index contributed by atoms with van der Waals surface area (Å²) >= 11 is 3.88. The highest BCUT2D eigenvalue weighted by Gasteiger charge is 2.59. The second-order valence-corrected chi connectivity index (χ2v) is 14.2. The number of pyridine rings is 1. The molecule has 3 heteroatoms. The molecule has 2 unspecified atom stereocenters. The van der Waals surface area contributed by atoms with E-state index in [-0.39, 0.29) is 27.2 Å². The zero-order chi connectivity index (χ0) is 25.5. The first-order valence-electron chi connectivity index (χ1n) is 13.4. The van der Waals surface area contributed by atoms with Crippen LogP contribution in [0.25, 0.3) is 27.5 Å². The van der Waals surface area contributed by atoms with Crippen molar-refractivity contribution < 1.29 is 4.57 Å². The van der Waals surface area contributed by atoms with Gasteiger partial charge in [0.2, 0.25) is 0 Å². The first kappa shape index (κ1) is 23.5. The number of nitrogens with zero attached hydrogens (tertiary/aromatic N) is 2. The molecule has 2 aliphatic rings. The second-order valence-electron chi connectivity index (χ2n) is 13.3. The molecule has 2 aromatic heterocycles. The Morgan fingerprint density at radius 1 is 0.800 bits per heavy atom. The molecule has 6 rings (SSSR count). The van der Waals surface area contributed by atoms with Crippen molar-refractivity contribution in [3.05, 3.63) is 57.7 Å². The van der Waals surface area contributed by atoms with Gasteiger partial charge in [-0.3, -0.25) is 0 Å². The van der Waals surface area contributed by atoms with E-state index in [0.717, 1.165) is 12.8 Å². The Labute approximate surface area is 218 Å². The molecule has 1 aliphatic heterocycles. The van der Waals surface area contributed by atoms with Crippen molar-refractivity contribution in [3.63, 3.8) is 0 Å². The van der Waals surface area contributed by atoms with Crippen LogP contribution in [0.2, 0.25) is 0 Å². The van der Waals surface area contributed by atoms with Crippen LogP contribution in [0.3, 0.4) is 0 Å². The van der Waals surface area contributed by atoms with E-state index < -0.39 is 0 Å². The van der Waals surface area contributed by atoms with Crippen LogP contribution in [-0.4, -0.2) is 4.40 Å². The zero-order valence-corrected chi connectivity index (χ0v) is 24.7. The molecule has 35 heavy (non-hydrogen) atoms. The molecule has 0 radical (unpaired) electrons. The molecule has 0 amide bonds. The van der Waals surface area contributed by atoms with Gasteiger partial charge in [-0.2, -0.15) is 4.40 Å². The second kappa shape index (κ2) is 6.52. The van der Waals surface area contributed by atoms with Gasteiger partial charge in [0.25, 0.3) is 5.65 Å². The van der Waals surface area contributed by atoms with Gasteiger partial charge >= 0.3 is 0 Å². The van der Waals surface area contributed by atoms with Crippen LogP contribution in [0.1, 0.15) is 98.8 Å². The Morgan fingerprint density at radius 2 is 1.43 bits per heavy atom. The molecule has 0 fully saturated rings. The minimum absolute atomic E-state index is 0.0293. The summed E-state index contributed by atoms with van der Waals surface area (Å²) in [6, 6.07) is 12.1. The van der Waals surface area contributed by atoms with E-state index in [4.69, 9.17) is 0 Å². The van der Waals surface area contributed by atoms with E-state index in [9.17, 15) is 0 Å². The summed E-state index contributed by atoms with van der Waals surface area (Å²) in [6.45, 7) is 24.5. The maximum atomic E-state index is 3.88. The fourth-order valence-electron chi connectivity index (χ4n) is 7.92. The average molecular weight is 533 g/mol. The molecular weight excluding hydrogens is 492 g/mol. The summed E-state index contributed by atoms with van der Waals surface area (Å²) in [4.78, 5) is 0. The number of halogens is 1. The highest BCUT2D eigenvalue weighted by atomic mass is 79.9. The fraction of sp³-hybridized carbons (Fsp3) is 0.531. The summed E-state index contributed by atoms with van der Waals surface area (Å²) in [7, 11) is 0. The van der Waals surface area contributed by atoms with E-state index in [0.29, 0.717) is 0 Å². The van der Waals surface area contributed by atoms with Crippen LogP contribution in [-0.2, 0) is 21.8 Å². The van der Waals surface area contributed by atoms with Crippen LogP contribution in [0.4, 0.5) is 0 Å². The van der Waals surface area contributed by atoms with Crippen molar-refractivity contribution in [1.82, 2.24) is 4.40 Å². The smallest absolute Gasteiger partial charge is 0.216 e. The molecule has 0 spiro atoms. The molecule has 0 saturated carbocycles. The molecule has 2 atom stereocenters. The molecule has 2 aromatic carbocycles. The van der Waals surface area contributed by atoms with E-state index in [1.165, 1.54) is 48.6 Å². The average Bonchev–Trinajstić information content (AvgIpc) is 3.20.